The van der Waals surface area contributed by atoms with Crippen LogP contribution in [0.4, 0.5) is 0 Å². The molecule has 3 nitrogen and oxygen atoms in total. The molecule has 100 valence electrons. The second-order valence-electron chi connectivity index (χ2n) is 4.15. The molecular formula is C15H17ClN2O. The topological polar surface area (TPSA) is 34.1 Å². The van der Waals surface area contributed by atoms with Gasteiger partial charge in [-0.05, 0) is 36.2 Å². The van der Waals surface area contributed by atoms with E-state index in [1.807, 2.05) is 31.2 Å². The van der Waals surface area contributed by atoms with Gasteiger partial charge in [0.2, 0.25) is 0 Å². The molecular weight excluding hydrogens is 260 g/mol. The lowest BCUT2D eigenvalue weighted by atomic mass is 10.2. The molecule has 2 rings (SSSR count). The Labute approximate surface area is 118 Å². The normalized spacial score (nSPS) is 10.4. The van der Waals surface area contributed by atoms with Gasteiger partial charge in [-0.1, -0.05) is 23.7 Å². The van der Waals surface area contributed by atoms with Crippen LogP contribution in [0.15, 0.2) is 42.7 Å². The van der Waals surface area contributed by atoms with Gasteiger partial charge in [0, 0.05) is 25.5 Å². The monoisotopic (exact) mass is 276 g/mol. The van der Waals surface area contributed by atoms with Crippen molar-refractivity contribution in [3.63, 3.8) is 0 Å². The van der Waals surface area contributed by atoms with E-state index in [0.29, 0.717) is 11.6 Å². The van der Waals surface area contributed by atoms with Gasteiger partial charge in [0.25, 0.3) is 0 Å². The molecule has 2 aromatic rings. The molecule has 0 bridgehead atoms. The number of hydrogen-bond donors (Lipinski definition) is 1. The highest BCUT2D eigenvalue weighted by atomic mass is 35.5. The minimum atomic E-state index is 0.684. The molecule has 1 heterocycles. The lowest BCUT2D eigenvalue weighted by Crippen LogP contribution is -2.13. The van der Waals surface area contributed by atoms with E-state index in [-0.39, 0.29) is 0 Å². The summed E-state index contributed by atoms with van der Waals surface area (Å²) in [7, 11) is 0. The summed E-state index contributed by atoms with van der Waals surface area (Å²) >= 11 is 6.05. The Hall–Kier alpha value is -1.58. The molecule has 19 heavy (non-hydrogen) atoms. The molecule has 0 fully saturated rings. The molecule has 1 aromatic carbocycles. The second-order valence-corrected chi connectivity index (χ2v) is 4.56. The van der Waals surface area contributed by atoms with Crippen molar-refractivity contribution in [3.8, 4) is 5.75 Å². The third-order valence-electron chi connectivity index (χ3n) is 2.71. The number of pyridine rings is 1. The molecule has 0 radical (unpaired) electrons. The van der Waals surface area contributed by atoms with Crippen LogP contribution in [0.5, 0.6) is 5.75 Å². The maximum Gasteiger partial charge on any atom is 0.119 e. The molecule has 0 unspecified atom stereocenters. The van der Waals surface area contributed by atoms with Gasteiger partial charge in [-0.25, -0.2) is 0 Å². The number of ether oxygens (including phenoxy) is 1. The van der Waals surface area contributed by atoms with Crippen molar-refractivity contribution >= 4 is 11.6 Å². The Bertz CT molecular complexity index is 531. The molecule has 4 heteroatoms. The summed E-state index contributed by atoms with van der Waals surface area (Å²) in [6.45, 7) is 4.17. The van der Waals surface area contributed by atoms with Gasteiger partial charge in [0.15, 0.2) is 0 Å². The average Bonchev–Trinajstić information content (AvgIpc) is 2.42. The molecule has 0 spiro atoms. The van der Waals surface area contributed by atoms with E-state index < -0.39 is 0 Å². The molecule has 0 amide bonds. The first-order chi connectivity index (χ1) is 9.29. The lowest BCUT2D eigenvalue weighted by Gasteiger charge is -2.08. The van der Waals surface area contributed by atoms with Crippen LogP contribution < -0.4 is 10.1 Å². The number of nitrogens with zero attached hydrogens (tertiary/aromatic N) is 1. The minimum absolute atomic E-state index is 0.684. The van der Waals surface area contributed by atoms with Gasteiger partial charge in [0.05, 0.1) is 11.6 Å². The Morgan fingerprint density at radius 3 is 2.95 bits per heavy atom. The number of rotatable bonds is 6. The number of nitrogens with one attached hydrogen (secondary N) is 1. The number of hydrogen-bond acceptors (Lipinski definition) is 3. The van der Waals surface area contributed by atoms with E-state index in [1.54, 1.807) is 12.4 Å². The first kappa shape index (κ1) is 13.8. The molecule has 0 aliphatic rings. The maximum atomic E-state index is 6.05. The van der Waals surface area contributed by atoms with Crippen LogP contribution in [0.2, 0.25) is 5.02 Å². The predicted octanol–water partition coefficient (Wildman–Crippen LogP) is 3.42. The smallest absolute Gasteiger partial charge is 0.119 e. The van der Waals surface area contributed by atoms with Crippen LogP contribution in [-0.4, -0.2) is 11.6 Å². The number of halogens is 1. The van der Waals surface area contributed by atoms with E-state index in [0.717, 1.165) is 24.4 Å². The van der Waals surface area contributed by atoms with Crippen LogP contribution in [0.1, 0.15) is 18.1 Å². The van der Waals surface area contributed by atoms with Crippen LogP contribution in [-0.2, 0) is 13.1 Å². The molecule has 0 aliphatic carbocycles. The lowest BCUT2D eigenvalue weighted by molar-refractivity contribution is 0.340. The number of benzene rings is 1. The second kappa shape index (κ2) is 7.12. The zero-order valence-corrected chi connectivity index (χ0v) is 11.7. The first-order valence-corrected chi connectivity index (χ1v) is 6.68. The SMILES string of the molecule is CCOc1cccc(CNCc2ccncc2Cl)c1. The van der Waals surface area contributed by atoms with Gasteiger partial charge in [-0.2, -0.15) is 0 Å². The van der Waals surface area contributed by atoms with Crippen molar-refractivity contribution in [2.75, 3.05) is 6.61 Å². The molecule has 0 atom stereocenters. The molecule has 1 aromatic heterocycles. The summed E-state index contributed by atoms with van der Waals surface area (Å²) in [5.74, 6) is 0.906. The van der Waals surface area contributed by atoms with Gasteiger partial charge in [-0.15, -0.1) is 0 Å². The maximum absolute atomic E-state index is 6.05. The highest BCUT2D eigenvalue weighted by molar-refractivity contribution is 6.31. The van der Waals surface area contributed by atoms with Crippen molar-refractivity contribution < 1.29 is 4.74 Å². The van der Waals surface area contributed by atoms with Gasteiger partial charge in [0.1, 0.15) is 5.75 Å². The minimum Gasteiger partial charge on any atom is -0.494 e. The molecule has 0 saturated carbocycles. The fraction of sp³-hybridized carbons (Fsp3) is 0.267. The zero-order chi connectivity index (χ0) is 13.5. The predicted molar refractivity (Wildman–Crippen MR) is 77.4 cm³/mol. The van der Waals surface area contributed by atoms with Crippen molar-refractivity contribution in [1.82, 2.24) is 10.3 Å². The largest absolute Gasteiger partial charge is 0.494 e. The van der Waals surface area contributed by atoms with E-state index in [2.05, 4.69) is 16.4 Å². The third kappa shape index (κ3) is 4.23. The Morgan fingerprint density at radius 2 is 2.16 bits per heavy atom. The summed E-state index contributed by atoms with van der Waals surface area (Å²) in [5, 5.41) is 4.05. The van der Waals surface area contributed by atoms with Crippen molar-refractivity contribution in [1.29, 1.82) is 0 Å². The molecule has 0 saturated heterocycles. The van der Waals surface area contributed by atoms with Crippen molar-refractivity contribution in [2.24, 2.45) is 0 Å². The summed E-state index contributed by atoms with van der Waals surface area (Å²) in [4.78, 5) is 3.97. The van der Waals surface area contributed by atoms with E-state index in [4.69, 9.17) is 16.3 Å². The zero-order valence-electron chi connectivity index (χ0n) is 10.9. The van der Waals surface area contributed by atoms with Gasteiger partial charge in [-0.3, -0.25) is 4.98 Å². The average molecular weight is 277 g/mol. The van der Waals surface area contributed by atoms with Crippen molar-refractivity contribution in [2.45, 2.75) is 20.0 Å². The Kier molecular flexibility index (Phi) is 5.19. The highest BCUT2D eigenvalue weighted by Gasteiger charge is 2.00. The fourth-order valence-electron chi connectivity index (χ4n) is 1.80. The van der Waals surface area contributed by atoms with Crippen LogP contribution in [0.25, 0.3) is 0 Å². The van der Waals surface area contributed by atoms with Crippen LogP contribution in [0.3, 0.4) is 0 Å². The van der Waals surface area contributed by atoms with Gasteiger partial charge < -0.3 is 10.1 Å². The van der Waals surface area contributed by atoms with E-state index >= 15 is 0 Å². The summed E-state index contributed by atoms with van der Waals surface area (Å²) in [5.41, 5.74) is 2.24. The van der Waals surface area contributed by atoms with Crippen molar-refractivity contribution in [3.05, 3.63) is 58.9 Å². The first-order valence-electron chi connectivity index (χ1n) is 6.30. The van der Waals surface area contributed by atoms with E-state index in [9.17, 15) is 0 Å². The molecule has 1 N–H and O–H groups in total. The van der Waals surface area contributed by atoms with E-state index in [1.165, 1.54) is 5.56 Å². The Balaban J connectivity index is 1.89. The van der Waals surface area contributed by atoms with Gasteiger partial charge >= 0.3 is 0 Å². The third-order valence-corrected chi connectivity index (χ3v) is 3.05. The molecule has 0 aliphatic heterocycles. The quantitative estimate of drug-likeness (QED) is 0.878. The summed E-state index contributed by atoms with van der Waals surface area (Å²) < 4.78 is 5.47. The number of aromatic nitrogens is 1. The fourth-order valence-corrected chi connectivity index (χ4v) is 1.99. The standard InChI is InChI=1S/C15H17ClN2O/c1-2-19-14-5-3-4-12(8-14)9-18-10-13-6-7-17-11-15(13)16/h3-8,11,18H,2,9-10H2,1H3. The summed E-state index contributed by atoms with van der Waals surface area (Å²) in [6.07, 6.45) is 3.41. The highest BCUT2D eigenvalue weighted by Crippen LogP contribution is 2.15. The Morgan fingerprint density at radius 1 is 1.26 bits per heavy atom. The van der Waals surface area contributed by atoms with Crippen LogP contribution >= 0.6 is 11.6 Å². The summed E-state index contributed by atoms with van der Waals surface area (Å²) in [6, 6.07) is 10.0. The van der Waals surface area contributed by atoms with Crippen LogP contribution in [0, 0.1) is 0 Å².